The van der Waals surface area contributed by atoms with Gasteiger partial charge in [-0.2, -0.15) is 0 Å². The molecule has 0 aromatic heterocycles. The molecule has 0 aromatic carbocycles. The number of Topliss-reactive ketones (excluding diaryl/α,β-unsaturated/α-hetero) is 1. The van der Waals surface area contributed by atoms with Gasteiger partial charge in [-0.15, -0.1) is 0 Å². The summed E-state index contributed by atoms with van der Waals surface area (Å²) in [7, 11) is 0. The van der Waals surface area contributed by atoms with Crippen LogP contribution in [0, 0.1) is 11.8 Å². The normalized spacial score (nSPS) is 25.2. The molecule has 0 N–H and O–H groups in total. The molecule has 17 heavy (non-hydrogen) atoms. The van der Waals surface area contributed by atoms with Crippen LogP contribution in [0.1, 0.15) is 84.5 Å². The minimum absolute atomic E-state index is 0.411. The monoisotopic (exact) mass is 238 g/mol. The lowest BCUT2D eigenvalue weighted by Gasteiger charge is -2.25. The Morgan fingerprint density at radius 3 is 2.41 bits per heavy atom. The van der Waals surface area contributed by atoms with Crippen molar-refractivity contribution in [1.82, 2.24) is 0 Å². The smallest absolute Gasteiger partial charge is 0.135 e. The summed E-state index contributed by atoms with van der Waals surface area (Å²) in [6, 6.07) is 0. The SMILES string of the molecule is CCCCCCCCCC1CC(C)CCC1=O. The molecule has 0 bridgehead atoms. The summed E-state index contributed by atoms with van der Waals surface area (Å²) >= 11 is 0. The maximum absolute atomic E-state index is 11.7. The van der Waals surface area contributed by atoms with E-state index in [9.17, 15) is 4.79 Å². The predicted molar refractivity (Wildman–Crippen MR) is 74.1 cm³/mol. The summed E-state index contributed by atoms with van der Waals surface area (Å²) in [4.78, 5) is 11.7. The van der Waals surface area contributed by atoms with E-state index in [-0.39, 0.29) is 0 Å². The first-order valence-electron chi connectivity index (χ1n) is 7.76. The van der Waals surface area contributed by atoms with E-state index in [1.165, 1.54) is 44.9 Å². The Morgan fingerprint density at radius 2 is 1.71 bits per heavy atom. The summed E-state index contributed by atoms with van der Waals surface area (Å²) in [5.74, 6) is 1.74. The Morgan fingerprint density at radius 1 is 1.06 bits per heavy atom. The molecular formula is C16H30O. The fraction of sp³-hybridized carbons (Fsp3) is 0.938. The highest BCUT2D eigenvalue weighted by molar-refractivity contribution is 5.81. The zero-order valence-corrected chi connectivity index (χ0v) is 11.8. The van der Waals surface area contributed by atoms with Crippen molar-refractivity contribution >= 4 is 5.78 Å². The third-order valence-electron chi connectivity index (χ3n) is 4.18. The number of rotatable bonds is 8. The van der Waals surface area contributed by atoms with E-state index < -0.39 is 0 Å². The van der Waals surface area contributed by atoms with Crippen LogP contribution in [-0.4, -0.2) is 5.78 Å². The number of hydrogen-bond acceptors (Lipinski definition) is 1. The highest BCUT2D eigenvalue weighted by Crippen LogP contribution is 2.29. The molecule has 1 heteroatoms. The van der Waals surface area contributed by atoms with Crippen molar-refractivity contribution in [3.05, 3.63) is 0 Å². The van der Waals surface area contributed by atoms with Crippen LogP contribution in [0.25, 0.3) is 0 Å². The van der Waals surface area contributed by atoms with Gasteiger partial charge in [0.05, 0.1) is 0 Å². The summed E-state index contributed by atoms with van der Waals surface area (Å²) < 4.78 is 0. The van der Waals surface area contributed by atoms with Gasteiger partial charge >= 0.3 is 0 Å². The number of carbonyl (C=O) groups excluding carboxylic acids is 1. The molecule has 0 aromatic rings. The zero-order valence-electron chi connectivity index (χ0n) is 11.8. The minimum atomic E-state index is 0.411. The van der Waals surface area contributed by atoms with Crippen LogP contribution in [0.5, 0.6) is 0 Å². The highest BCUT2D eigenvalue weighted by Gasteiger charge is 2.25. The van der Waals surface area contributed by atoms with Gasteiger partial charge in [0, 0.05) is 12.3 Å². The first-order chi connectivity index (χ1) is 8.24. The summed E-state index contributed by atoms with van der Waals surface area (Å²) in [5, 5.41) is 0. The summed E-state index contributed by atoms with van der Waals surface area (Å²) in [5.41, 5.74) is 0. The summed E-state index contributed by atoms with van der Waals surface area (Å²) in [6.07, 6.45) is 13.8. The van der Waals surface area contributed by atoms with E-state index in [0.29, 0.717) is 11.7 Å². The van der Waals surface area contributed by atoms with Gasteiger partial charge in [0.2, 0.25) is 0 Å². The lowest BCUT2D eigenvalue weighted by molar-refractivity contribution is -0.125. The quantitative estimate of drug-likeness (QED) is 0.536. The summed E-state index contributed by atoms with van der Waals surface area (Å²) in [6.45, 7) is 4.56. The second kappa shape index (κ2) is 8.72. The molecule has 2 atom stereocenters. The Labute approximate surface area is 107 Å². The van der Waals surface area contributed by atoms with Crippen LogP contribution in [0.2, 0.25) is 0 Å². The van der Waals surface area contributed by atoms with Gasteiger partial charge in [0.25, 0.3) is 0 Å². The van der Waals surface area contributed by atoms with Gasteiger partial charge in [-0.05, 0) is 25.2 Å². The van der Waals surface area contributed by atoms with E-state index in [4.69, 9.17) is 0 Å². The minimum Gasteiger partial charge on any atom is -0.299 e. The van der Waals surface area contributed by atoms with Crippen molar-refractivity contribution in [3.63, 3.8) is 0 Å². The Hall–Kier alpha value is -0.330. The van der Waals surface area contributed by atoms with E-state index in [0.717, 1.165) is 31.6 Å². The highest BCUT2D eigenvalue weighted by atomic mass is 16.1. The fourth-order valence-corrected chi connectivity index (χ4v) is 2.95. The maximum Gasteiger partial charge on any atom is 0.135 e. The third kappa shape index (κ3) is 6.24. The molecule has 1 saturated carbocycles. The van der Waals surface area contributed by atoms with E-state index in [2.05, 4.69) is 13.8 Å². The molecule has 0 amide bonds. The molecule has 1 aliphatic carbocycles. The fourth-order valence-electron chi connectivity index (χ4n) is 2.95. The molecule has 0 radical (unpaired) electrons. The first-order valence-corrected chi connectivity index (χ1v) is 7.76. The van der Waals surface area contributed by atoms with Crippen LogP contribution in [0.4, 0.5) is 0 Å². The molecule has 1 aliphatic rings. The molecule has 1 rings (SSSR count). The third-order valence-corrected chi connectivity index (χ3v) is 4.18. The van der Waals surface area contributed by atoms with E-state index in [1.54, 1.807) is 0 Å². The van der Waals surface area contributed by atoms with Gasteiger partial charge in [0.1, 0.15) is 5.78 Å². The van der Waals surface area contributed by atoms with Gasteiger partial charge in [-0.1, -0.05) is 58.8 Å². The van der Waals surface area contributed by atoms with Crippen LogP contribution < -0.4 is 0 Å². The van der Waals surface area contributed by atoms with Crippen LogP contribution in [0.3, 0.4) is 0 Å². The average Bonchev–Trinajstić information content (AvgIpc) is 2.32. The molecule has 0 spiro atoms. The van der Waals surface area contributed by atoms with E-state index in [1.807, 2.05) is 0 Å². The van der Waals surface area contributed by atoms with Crippen molar-refractivity contribution < 1.29 is 4.79 Å². The first kappa shape index (κ1) is 14.7. The predicted octanol–water partition coefficient (Wildman–Crippen LogP) is 5.13. The van der Waals surface area contributed by atoms with Crippen LogP contribution in [0.15, 0.2) is 0 Å². The molecule has 1 fully saturated rings. The van der Waals surface area contributed by atoms with Gasteiger partial charge in [-0.3, -0.25) is 4.79 Å². The second-order valence-electron chi connectivity index (χ2n) is 5.95. The Kier molecular flexibility index (Phi) is 7.55. The number of ketones is 1. The second-order valence-corrected chi connectivity index (χ2v) is 5.95. The van der Waals surface area contributed by atoms with Crippen molar-refractivity contribution in [2.75, 3.05) is 0 Å². The Balaban J connectivity index is 1.99. The molecule has 0 aliphatic heterocycles. The van der Waals surface area contributed by atoms with Crippen molar-refractivity contribution in [1.29, 1.82) is 0 Å². The van der Waals surface area contributed by atoms with Crippen LogP contribution in [-0.2, 0) is 4.79 Å². The van der Waals surface area contributed by atoms with Crippen molar-refractivity contribution in [3.8, 4) is 0 Å². The topological polar surface area (TPSA) is 17.1 Å². The molecule has 1 nitrogen and oxygen atoms in total. The van der Waals surface area contributed by atoms with Gasteiger partial charge < -0.3 is 0 Å². The molecule has 100 valence electrons. The van der Waals surface area contributed by atoms with Crippen LogP contribution >= 0.6 is 0 Å². The largest absolute Gasteiger partial charge is 0.299 e. The maximum atomic E-state index is 11.7. The molecule has 0 saturated heterocycles. The molecule has 2 unspecified atom stereocenters. The van der Waals surface area contributed by atoms with E-state index >= 15 is 0 Å². The molecular weight excluding hydrogens is 208 g/mol. The van der Waals surface area contributed by atoms with Gasteiger partial charge in [0.15, 0.2) is 0 Å². The lowest BCUT2D eigenvalue weighted by atomic mass is 9.79. The molecule has 0 heterocycles. The zero-order chi connectivity index (χ0) is 12.5. The lowest BCUT2D eigenvalue weighted by Crippen LogP contribution is -2.23. The standard InChI is InChI=1S/C16H30O/c1-3-4-5-6-7-8-9-10-15-13-14(2)11-12-16(15)17/h14-15H,3-13H2,1-2H3. The van der Waals surface area contributed by atoms with Crippen molar-refractivity contribution in [2.24, 2.45) is 11.8 Å². The average molecular weight is 238 g/mol. The number of hydrogen-bond donors (Lipinski definition) is 0. The van der Waals surface area contributed by atoms with Gasteiger partial charge in [-0.25, -0.2) is 0 Å². The number of carbonyl (C=O) groups is 1. The Bertz CT molecular complexity index is 210. The number of unbranched alkanes of at least 4 members (excludes halogenated alkanes) is 6. The van der Waals surface area contributed by atoms with Crippen molar-refractivity contribution in [2.45, 2.75) is 84.5 Å².